The van der Waals surface area contributed by atoms with Gasteiger partial charge < -0.3 is 4.57 Å². The van der Waals surface area contributed by atoms with E-state index >= 15 is 0 Å². The fourth-order valence-electron chi connectivity index (χ4n) is 1.10. The number of hydrogen-bond acceptors (Lipinski definition) is 4. The predicted octanol–water partition coefficient (Wildman–Crippen LogP) is 1.97. The first-order valence-corrected chi connectivity index (χ1v) is 5.83. The van der Waals surface area contributed by atoms with E-state index in [1.165, 1.54) is 22.7 Å². The molecular weight excluding hydrogens is 216 g/mol. The number of thiazole rings is 1. The van der Waals surface area contributed by atoms with Crippen molar-refractivity contribution in [3.8, 4) is 0 Å². The summed E-state index contributed by atoms with van der Waals surface area (Å²) < 4.78 is 1.64. The zero-order chi connectivity index (χ0) is 9.97. The third kappa shape index (κ3) is 1.83. The zero-order valence-corrected chi connectivity index (χ0v) is 8.90. The Morgan fingerprint density at radius 2 is 2.36 bits per heavy atom. The molecule has 0 saturated heterocycles. The van der Waals surface area contributed by atoms with E-state index < -0.39 is 0 Å². The van der Waals surface area contributed by atoms with E-state index in [1.54, 1.807) is 10.8 Å². The molecular formula is C9H8N2OS2. The highest BCUT2D eigenvalue weighted by Gasteiger charge is 2.06. The lowest BCUT2D eigenvalue weighted by molar-refractivity contribution is 0.0971. The van der Waals surface area contributed by atoms with E-state index in [4.69, 9.17) is 5.41 Å². The first-order chi connectivity index (χ1) is 6.77. The Kier molecular flexibility index (Phi) is 2.60. The molecule has 14 heavy (non-hydrogen) atoms. The van der Waals surface area contributed by atoms with E-state index in [-0.39, 0.29) is 12.3 Å². The maximum absolute atomic E-state index is 11.6. The normalized spacial score (nSPS) is 10.3. The number of hydrogen-bond donors (Lipinski definition) is 1. The van der Waals surface area contributed by atoms with Crippen LogP contribution in [0.5, 0.6) is 0 Å². The van der Waals surface area contributed by atoms with Gasteiger partial charge in [-0.1, -0.05) is 0 Å². The molecule has 2 aromatic rings. The van der Waals surface area contributed by atoms with Crippen molar-refractivity contribution in [2.45, 2.75) is 6.54 Å². The highest BCUT2D eigenvalue weighted by Crippen LogP contribution is 2.07. The average molecular weight is 224 g/mol. The second-order valence-electron chi connectivity index (χ2n) is 2.77. The third-order valence-electron chi connectivity index (χ3n) is 1.84. The molecule has 0 spiro atoms. The molecule has 3 nitrogen and oxygen atoms in total. The molecule has 0 amide bonds. The molecule has 72 valence electrons. The quantitative estimate of drug-likeness (QED) is 0.796. The van der Waals surface area contributed by atoms with Gasteiger partial charge in [0.25, 0.3) is 0 Å². The summed E-state index contributed by atoms with van der Waals surface area (Å²) in [4.78, 5) is 12.0. The van der Waals surface area contributed by atoms with E-state index in [0.29, 0.717) is 4.80 Å². The van der Waals surface area contributed by atoms with Crippen molar-refractivity contribution in [1.82, 2.24) is 4.57 Å². The van der Waals surface area contributed by atoms with Crippen LogP contribution in [0.4, 0.5) is 0 Å². The molecule has 2 heterocycles. The van der Waals surface area contributed by atoms with Gasteiger partial charge in [-0.3, -0.25) is 10.2 Å². The minimum atomic E-state index is 0.0585. The minimum absolute atomic E-state index is 0.0585. The maximum Gasteiger partial charge on any atom is 0.183 e. The van der Waals surface area contributed by atoms with Gasteiger partial charge in [-0.15, -0.1) is 11.3 Å². The average Bonchev–Trinajstić information content (AvgIpc) is 2.77. The van der Waals surface area contributed by atoms with Crippen LogP contribution in [-0.4, -0.2) is 10.4 Å². The highest BCUT2D eigenvalue weighted by molar-refractivity contribution is 7.08. The van der Waals surface area contributed by atoms with Gasteiger partial charge in [0.15, 0.2) is 10.6 Å². The Labute approximate surface area is 88.8 Å². The lowest BCUT2D eigenvalue weighted by Crippen LogP contribution is -2.18. The van der Waals surface area contributed by atoms with Crippen LogP contribution in [0.2, 0.25) is 0 Å². The van der Waals surface area contributed by atoms with Crippen molar-refractivity contribution in [3.63, 3.8) is 0 Å². The summed E-state index contributed by atoms with van der Waals surface area (Å²) in [7, 11) is 0. The monoisotopic (exact) mass is 224 g/mol. The fourth-order valence-corrected chi connectivity index (χ4v) is 2.36. The Balaban J connectivity index is 2.17. The molecule has 1 N–H and O–H groups in total. The first-order valence-electron chi connectivity index (χ1n) is 4.01. The molecule has 2 aromatic heterocycles. The molecule has 0 atom stereocenters. The third-order valence-corrected chi connectivity index (χ3v) is 3.24. The molecule has 2 rings (SSSR count). The van der Waals surface area contributed by atoms with Gasteiger partial charge in [-0.2, -0.15) is 11.3 Å². The summed E-state index contributed by atoms with van der Waals surface area (Å²) in [5.41, 5.74) is 0.730. The fraction of sp³-hybridized carbons (Fsp3) is 0.111. The van der Waals surface area contributed by atoms with E-state index in [9.17, 15) is 4.79 Å². The van der Waals surface area contributed by atoms with Crippen LogP contribution >= 0.6 is 22.7 Å². The molecule has 0 bridgehead atoms. The minimum Gasteiger partial charge on any atom is -0.316 e. The SMILES string of the molecule is N=c1sccn1CC(=O)c1ccsc1. The van der Waals surface area contributed by atoms with Gasteiger partial charge in [0.05, 0.1) is 6.54 Å². The topological polar surface area (TPSA) is 45.9 Å². The van der Waals surface area contributed by atoms with Crippen molar-refractivity contribution < 1.29 is 4.79 Å². The summed E-state index contributed by atoms with van der Waals surface area (Å²) in [6.07, 6.45) is 1.76. The second-order valence-corrected chi connectivity index (χ2v) is 4.45. The number of nitrogens with zero attached hydrogens (tertiary/aromatic N) is 1. The van der Waals surface area contributed by atoms with E-state index in [0.717, 1.165) is 5.56 Å². The van der Waals surface area contributed by atoms with Crippen molar-refractivity contribution in [3.05, 3.63) is 38.8 Å². The molecule has 0 radical (unpaired) electrons. The predicted molar refractivity (Wildman–Crippen MR) is 56.8 cm³/mol. The van der Waals surface area contributed by atoms with Gasteiger partial charge in [-0.25, -0.2) is 0 Å². The number of ketones is 1. The summed E-state index contributed by atoms with van der Waals surface area (Å²) in [6.45, 7) is 0.263. The molecule has 0 aliphatic rings. The van der Waals surface area contributed by atoms with Crippen LogP contribution in [0.25, 0.3) is 0 Å². The van der Waals surface area contributed by atoms with Gasteiger partial charge >= 0.3 is 0 Å². The Hall–Kier alpha value is -1.20. The zero-order valence-electron chi connectivity index (χ0n) is 7.27. The van der Waals surface area contributed by atoms with Gasteiger partial charge in [0.2, 0.25) is 0 Å². The van der Waals surface area contributed by atoms with Gasteiger partial charge in [0, 0.05) is 22.5 Å². The van der Waals surface area contributed by atoms with Crippen LogP contribution in [0.1, 0.15) is 10.4 Å². The smallest absolute Gasteiger partial charge is 0.183 e. The standard InChI is InChI=1S/C9H8N2OS2/c10-9-11(2-4-14-9)5-8(12)7-1-3-13-6-7/h1-4,6,10H,5H2. The van der Waals surface area contributed by atoms with Crippen molar-refractivity contribution in [2.75, 3.05) is 0 Å². The lowest BCUT2D eigenvalue weighted by Gasteiger charge is -1.98. The molecule has 0 unspecified atom stereocenters. The second kappa shape index (κ2) is 3.89. The molecule has 0 aromatic carbocycles. The highest BCUT2D eigenvalue weighted by atomic mass is 32.1. The van der Waals surface area contributed by atoms with Crippen molar-refractivity contribution in [2.24, 2.45) is 0 Å². The Bertz CT molecular complexity index is 481. The van der Waals surface area contributed by atoms with Crippen LogP contribution in [0.15, 0.2) is 28.4 Å². The molecule has 0 saturated carbocycles. The first kappa shape index (κ1) is 9.36. The number of carbonyl (C=O) groups is 1. The van der Waals surface area contributed by atoms with Crippen LogP contribution in [0.3, 0.4) is 0 Å². The number of rotatable bonds is 3. The van der Waals surface area contributed by atoms with Gasteiger partial charge in [-0.05, 0) is 11.4 Å². The summed E-state index contributed by atoms with van der Waals surface area (Å²) in [6, 6.07) is 1.81. The lowest BCUT2D eigenvalue weighted by atomic mass is 10.2. The summed E-state index contributed by atoms with van der Waals surface area (Å²) in [5, 5.41) is 13.0. The largest absolute Gasteiger partial charge is 0.316 e. The van der Waals surface area contributed by atoms with E-state index in [1.807, 2.05) is 22.2 Å². The molecule has 5 heteroatoms. The van der Waals surface area contributed by atoms with Crippen molar-refractivity contribution in [1.29, 1.82) is 5.41 Å². The molecule has 0 aliphatic heterocycles. The van der Waals surface area contributed by atoms with Crippen LogP contribution in [0, 0.1) is 5.41 Å². The molecule has 0 aliphatic carbocycles. The number of aromatic nitrogens is 1. The molecule has 0 fully saturated rings. The Morgan fingerprint density at radius 3 is 2.93 bits per heavy atom. The van der Waals surface area contributed by atoms with Crippen molar-refractivity contribution >= 4 is 28.5 Å². The van der Waals surface area contributed by atoms with Crippen LogP contribution in [-0.2, 0) is 6.54 Å². The van der Waals surface area contributed by atoms with E-state index in [2.05, 4.69) is 0 Å². The Morgan fingerprint density at radius 1 is 1.50 bits per heavy atom. The number of thiophene rings is 1. The number of nitrogens with one attached hydrogen (secondary N) is 1. The number of carbonyl (C=O) groups excluding carboxylic acids is 1. The number of Topliss-reactive ketones (excluding diaryl/α,β-unsaturated/α-hetero) is 1. The maximum atomic E-state index is 11.6. The van der Waals surface area contributed by atoms with Crippen LogP contribution < -0.4 is 4.80 Å². The summed E-state index contributed by atoms with van der Waals surface area (Å²) >= 11 is 2.83. The van der Waals surface area contributed by atoms with Gasteiger partial charge in [0.1, 0.15) is 0 Å². The summed E-state index contributed by atoms with van der Waals surface area (Å²) in [5.74, 6) is 0.0585.